The van der Waals surface area contributed by atoms with E-state index in [4.69, 9.17) is 11.6 Å². The summed E-state index contributed by atoms with van der Waals surface area (Å²) in [5.41, 5.74) is 1.12. The summed E-state index contributed by atoms with van der Waals surface area (Å²) in [6, 6.07) is 7.76. The van der Waals surface area contributed by atoms with E-state index in [9.17, 15) is 4.79 Å². The highest BCUT2D eigenvalue weighted by Crippen LogP contribution is 2.32. The Morgan fingerprint density at radius 1 is 1.38 bits per heavy atom. The Morgan fingerprint density at radius 2 is 2.14 bits per heavy atom. The molecule has 1 aromatic carbocycles. The maximum Gasteiger partial charge on any atom is 0.241 e. The van der Waals surface area contributed by atoms with Crippen molar-refractivity contribution in [2.45, 2.75) is 43.6 Å². The van der Waals surface area contributed by atoms with E-state index in [0.29, 0.717) is 5.25 Å². The summed E-state index contributed by atoms with van der Waals surface area (Å²) in [7, 11) is 0. The molecule has 0 radical (unpaired) electrons. The van der Waals surface area contributed by atoms with E-state index < -0.39 is 0 Å². The second-order valence-electron chi connectivity index (χ2n) is 5.71. The third-order valence-corrected chi connectivity index (χ3v) is 5.90. The molecule has 0 saturated carbocycles. The lowest BCUT2D eigenvalue weighted by molar-refractivity contribution is -0.130. The summed E-state index contributed by atoms with van der Waals surface area (Å²) in [6.07, 6.45) is 3.31. The molecule has 3 nitrogen and oxygen atoms in total. The van der Waals surface area contributed by atoms with Crippen LogP contribution in [-0.4, -0.2) is 34.4 Å². The van der Waals surface area contributed by atoms with Crippen LogP contribution >= 0.6 is 23.4 Å². The quantitative estimate of drug-likeness (QED) is 0.920. The van der Waals surface area contributed by atoms with Crippen molar-refractivity contribution in [2.75, 3.05) is 12.3 Å². The van der Waals surface area contributed by atoms with E-state index in [0.717, 1.165) is 23.6 Å². The van der Waals surface area contributed by atoms with Crippen LogP contribution in [0.25, 0.3) is 0 Å². The molecule has 0 spiro atoms. The summed E-state index contributed by atoms with van der Waals surface area (Å²) >= 11 is 7.97. The van der Waals surface area contributed by atoms with Crippen molar-refractivity contribution in [2.24, 2.45) is 0 Å². The Kier molecular flexibility index (Phi) is 4.77. The highest BCUT2D eigenvalue weighted by molar-refractivity contribution is 8.00. The number of nitrogens with zero attached hydrogens (tertiary/aromatic N) is 1. The van der Waals surface area contributed by atoms with Gasteiger partial charge in [-0.1, -0.05) is 30.7 Å². The van der Waals surface area contributed by atoms with Gasteiger partial charge in [0.25, 0.3) is 0 Å². The molecule has 3 rings (SSSR count). The number of amides is 1. The van der Waals surface area contributed by atoms with E-state index in [1.54, 1.807) is 0 Å². The first-order chi connectivity index (χ1) is 10.2. The van der Waals surface area contributed by atoms with Gasteiger partial charge in [-0.2, -0.15) is 11.8 Å². The van der Waals surface area contributed by atoms with Crippen molar-refractivity contribution < 1.29 is 4.79 Å². The highest BCUT2D eigenvalue weighted by atomic mass is 35.5. The van der Waals surface area contributed by atoms with E-state index >= 15 is 0 Å². The number of carbonyl (C=O) groups excluding carboxylic acids is 1. The van der Waals surface area contributed by atoms with Gasteiger partial charge in [-0.05, 0) is 42.7 Å². The molecule has 2 aliphatic heterocycles. The first kappa shape index (κ1) is 15.2. The molecule has 1 amide bonds. The molecule has 2 saturated heterocycles. The highest BCUT2D eigenvalue weighted by Gasteiger charge is 2.39. The van der Waals surface area contributed by atoms with Crippen LogP contribution in [0.15, 0.2) is 24.3 Å². The predicted molar refractivity (Wildman–Crippen MR) is 88.6 cm³/mol. The van der Waals surface area contributed by atoms with E-state index in [1.165, 1.54) is 18.6 Å². The Morgan fingerprint density at radius 3 is 2.76 bits per heavy atom. The molecule has 5 heteroatoms. The summed E-state index contributed by atoms with van der Waals surface area (Å²) in [5, 5.41) is 4.79. The standard InChI is InChI=1S/C16H21ClN2OS/c1-2-14-16(20)19(10-13-4-3-9-21-13)15(18-14)11-5-7-12(17)8-6-11/h5-8,13-15,18H,2-4,9-10H2,1H3. The number of hydrogen-bond acceptors (Lipinski definition) is 3. The van der Waals surface area contributed by atoms with Crippen LogP contribution < -0.4 is 5.32 Å². The van der Waals surface area contributed by atoms with Crippen LogP contribution in [0, 0.1) is 0 Å². The number of hydrogen-bond donors (Lipinski definition) is 1. The maximum atomic E-state index is 12.6. The largest absolute Gasteiger partial charge is 0.320 e. The fraction of sp³-hybridized carbons (Fsp3) is 0.562. The normalized spacial score (nSPS) is 29.3. The molecule has 2 fully saturated rings. The number of carbonyl (C=O) groups is 1. The average Bonchev–Trinajstić information content (AvgIpc) is 3.10. The van der Waals surface area contributed by atoms with Gasteiger partial charge in [0.1, 0.15) is 6.17 Å². The van der Waals surface area contributed by atoms with Gasteiger partial charge < -0.3 is 4.90 Å². The predicted octanol–water partition coefficient (Wildman–Crippen LogP) is 3.44. The average molecular weight is 325 g/mol. The van der Waals surface area contributed by atoms with Gasteiger partial charge in [0.05, 0.1) is 6.04 Å². The monoisotopic (exact) mass is 324 g/mol. The molecular formula is C16H21ClN2OS. The summed E-state index contributed by atoms with van der Waals surface area (Å²) in [5.74, 6) is 1.47. The molecule has 1 aromatic rings. The summed E-state index contributed by atoms with van der Waals surface area (Å²) in [6.45, 7) is 2.91. The van der Waals surface area contributed by atoms with Gasteiger partial charge in [0.2, 0.25) is 5.91 Å². The maximum absolute atomic E-state index is 12.6. The minimum Gasteiger partial charge on any atom is -0.320 e. The number of rotatable bonds is 4. The Hall–Kier alpha value is -0.710. The molecule has 21 heavy (non-hydrogen) atoms. The molecule has 3 atom stereocenters. The molecule has 0 aromatic heterocycles. The molecule has 3 unspecified atom stereocenters. The third kappa shape index (κ3) is 3.22. The van der Waals surface area contributed by atoms with Gasteiger partial charge in [-0.15, -0.1) is 0 Å². The number of thioether (sulfide) groups is 1. The van der Waals surface area contributed by atoms with Crippen molar-refractivity contribution in [3.63, 3.8) is 0 Å². The van der Waals surface area contributed by atoms with Gasteiger partial charge in [-0.25, -0.2) is 0 Å². The molecule has 1 N–H and O–H groups in total. The zero-order valence-electron chi connectivity index (χ0n) is 12.2. The van der Waals surface area contributed by atoms with Crippen molar-refractivity contribution in [3.8, 4) is 0 Å². The van der Waals surface area contributed by atoms with Crippen molar-refractivity contribution in [1.29, 1.82) is 0 Å². The minimum absolute atomic E-state index is 0.0130. The number of halogens is 1. The van der Waals surface area contributed by atoms with Crippen LogP contribution in [-0.2, 0) is 4.79 Å². The SMILES string of the molecule is CCC1NC(c2ccc(Cl)cc2)N(CC2CCCS2)C1=O. The van der Waals surface area contributed by atoms with E-state index in [-0.39, 0.29) is 18.1 Å². The smallest absolute Gasteiger partial charge is 0.241 e. The Balaban J connectivity index is 1.81. The Bertz CT molecular complexity index is 502. The van der Waals surface area contributed by atoms with Crippen molar-refractivity contribution >= 4 is 29.3 Å². The molecule has 0 aliphatic carbocycles. The van der Waals surface area contributed by atoms with Crippen LogP contribution in [0.3, 0.4) is 0 Å². The summed E-state index contributed by atoms with van der Waals surface area (Å²) < 4.78 is 0. The van der Waals surface area contributed by atoms with Crippen LogP contribution in [0.4, 0.5) is 0 Å². The Labute approximate surface area is 135 Å². The molecule has 2 heterocycles. The third-order valence-electron chi connectivity index (χ3n) is 4.27. The minimum atomic E-state index is -0.0583. The topological polar surface area (TPSA) is 32.3 Å². The summed E-state index contributed by atoms with van der Waals surface area (Å²) in [4.78, 5) is 14.6. The number of nitrogens with one attached hydrogen (secondary N) is 1. The van der Waals surface area contributed by atoms with Crippen molar-refractivity contribution in [3.05, 3.63) is 34.9 Å². The van der Waals surface area contributed by atoms with Gasteiger partial charge in [0, 0.05) is 16.8 Å². The molecule has 0 bridgehead atoms. The number of benzene rings is 1. The second-order valence-corrected chi connectivity index (χ2v) is 7.55. The fourth-order valence-corrected chi connectivity index (χ4v) is 4.49. The lowest BCUT2D eigenvalue weighted by atomic mass is 10.1. The molecule has 114 valence electrons. The first-order valence-corrected chi connectivity index (χ1v) is 9.05. The fourth-order valence-electron chi connectivity index (χ4n) is 3.10. The molecular weight excluding hydrogens is 304 g/mol. The zero-order valence-corrected chi connectivity index (χ0v) is 13.8. The van der Waals surface area contributed by atoms with Gasteiger partial charge >= 0.3 is 0 Å². The molecule has 2 aliphatic rings. The van der Waals surface area contributed by atoms with Crippen molar-refractivity contribution in [1.82, 2.24) is 10.2 Å². The lowest BCUT2D eigenvalue weighted by Crippen LogP contribution is -2.35. The first-order valence-electron chi connectivity index (χ1n) is 7.62. The van der Waals surface area contributed by atoms with E-state index in [2.05, 4.69) is 12.2 Å². The van der Waals surface area contributed by atoms with E-state index in [1.807, 2.05) is 40.9 Å². The lowest BCUT2D eigenvalue weighted by Gasteiger charge is -2.27. The second kappa shape index (κ2) is 6.59. The van der Waals surface area contributed by atoms with Crippen LogP contribution in [0.1, 0.15) is 37.9 Å². The van der Waals surface area contributed by atoms with Crippen LogP contribution in [0.5, 0.6) is 0 Å². The zero-order chi connectivity index (χ0) is 14.8. The van der Waals surface area contributed by atoms with Crippen LogP contribution in [0.2, 0.25) is 5.02 Å². The van der Waals surface area contributed by atoms with Gasteiger partial charge in [0.15, 0.2) is 0 Å². The van der Waals surface area contributed by atoms with Gasteiger partial charge in [-0.3, -0.25) is 10.1 Å².